The predicted molar refractivity (Wildman–Crippen MR) is 109 cm³/mol. The molecule has 0 spiro atoms. The van der Waals surface area contributed by atoms with Crippen molar-refractivity contribution >= 4 is 33.1 Å². The number of carbonyl (C=O) groups excluding carboxylic acids is 1. The van der Waals surface area contributed by atoms with Gasteiger partial charge in [-0.2, -0.15) is 0 Å². The lowest BCUT2D eigenvalue weighted by atomic mass is 9.97. The van der Waals surface area contributed by atoms with Gasteiger partial charge >= 0.3 is 0 Å². The van der Waals surface area contributed by atoms with E-state index < -0.39 is 4.92 Å². The molecule has 3 rings (SSSR count). The summed E-state index contributed by atoms with van der Waals surface area (Å²) in [5.41, 5.74) is 2.37. The largest absolute Gasteiger partial charge is 0.378 e. The van der Waals surface area contributed by atoms with Crippen LogP contribution in [0.5, 0.6) is 0 Å². The third kappa shape index (κ3) is 5.01. The molecule has 3 aromatic carbocycles. The number of ketones is 1. The molecule has 0 heterocycles. The van der Waals surface area contributed by atoms with E-state index in [1.165, 1.54) is 12.1 Å². The molecule has 0 amide bonds. The Bertz CT molecular complexity index is 926. The SMILES string of the molecule is O=C(CC(Nc1ccc([N+](=O)[O-])cc1)c1ccccc1)c1ccc(Br)cc1. The highest BCUT2D eigenvalue weighted by Crippen LogP contribution is 2.26. The van der Waals surface area contributed by atoms with Crippen molar-refractivity contribution in [3.8, 4) is 0 Å². The van der Waals surface area contributed by atoms with Gasteiger partial charge in [-0.05, 0) is 29.8 Å². The molecular weight excluding hydrogens is 408 g/mol. The Hall–Kier alpha value is -2.99. The predicted octanol–water partition coefficient (Wildman–Crippen LogP) is 5.78. The number of non-ortho nitro benzene ring substituents is 1. The molecule has 0 aromatic heterocycles. The average Bonchev–Trinajstić information content (AvgIpc) is 2.69. The fourth-order valence-corrected chi connectivity index (χ4v) is 3.02. The third-order valence-corrected chi connectivity index (χ3v) is 4.71. The summed E-state index contributed by atoms with van der Waals surface area (Å²) in [6.07, 6.45) is 0.267. The van der Waals surface area contributed by atoms with Crippen LogP contribution in [-0.2, 0) is 0 Å². The summed E-state index contributed by atoms with van der Waals surface area (Å²) in [7, 11) is 0. The lowest BCUT2D eigenvalue weighted by Crippen LogP contribution is -2.15. The average molecular weight is 425 g/mol. The van der Waals surface area contributed by atoms with Gasteiger partial charge in [-0.25, -0.2) is 0 Å². The van der Waals surface area contributed by atoms with Crippen LogP contribution in [0.4, 0.5) is 11.4 Å². The van der Waals surface area contributed by atoms with Crippen molar-refractivity contribution in [1.82, 2.24) is 0 Å². The Morgan fingerprint density at radius 2 is 1.59 bits per heavy atom. The summed E-state index contributed by atoms with van der Waals surface area (Å²) in [4.78, 5) is 23.1. The van der Waals surface area contributed by atoms with Gasteiger partial charge in [0.1, 0.15) is 0 Å². The highest BCUT2D eigenvalue weighted by Gasteiger charge is 2.17. The van der Waals surface area contributed by atoms with Gasteiger partial charge in [0.25, 0.3) is 5.69 Å². The van der Waals surface area contributed by atoms with E-state index in [2.05, 4.69) is 21.2 Å². The van der Waals surface area contributed by atoms with Crippen LogP contribution < -0.4 is 5.32 Å². The first-order valence-corrected chi connectivity index (χ1v) is 9.17. The number of nitro benzene ring substituents is 1. The molecule has 1 atom stereocenters. The number of benzene rings is 3. The first kappa shape index (κ1) is 18.8. The quantitative estimate of drug-likeness (QED) is 0.296. The van der Waals surface area contributed by atoms with Gasteiger partial charge in [-0.3, -0.25) is 14.9 Å². The van der Waals surface area contributed by atoms with Crippen LogP contribution in [0.3, 0.4) is 0 Å². The summed E-state index contributed by atoms with van der Waals surface area (Å²) < 4.78 is 0.919. The van der Waals surface area contributed by atoms with Gasteiger partial charge < -0.3 is 5.32 Å². The lowest BCUT2D eigenvalue weighted by Gasteiger charge is -2.20. The molecule has 0 aliphatic carbocycles. The summed E-state index contributed by atoms with van der Waals surface area (Å²) in [5.74, 6) is 0.0192. The number of anilines is 1. The Morgan fingerprint density at radius 3 is 2.19 bits per heavy atom. The molecule has 3 aromatic rings. The van der Waals surface area contributed by atoms with Crippen LogP contribution in [0, 0.1) is 10.1 Å². The van der Waals surface area contributed by atoms with Crippen LogP contribution in [0.1, 0.15) is 28.4 Å². The maximum Gasteiger partial charge on any atom is 0.269 e. The molecule has 0 bridgehead atoms. The van der Waals surface area contributed by atoms with Crippen molar-refractivity contribution in [1.29, 1.82) is 0 Å². The topological polar surface area (TPSA) is 72.2 Å². The van der Waals surface area contributed by atoms with Crippen molar-refractivity contribution in [2.75, 3.05) is 5.32 Å². The van der Waals surface area contributed by atoms with E-state index in [4.69, 9.17) is 0 Å². The van der Waals surface area contributed by atoms with Crippen molar-refractivity contribution in [2.24, 2.45) is 0 Å². The minimum Gasteiger partial charge on any atom is -0.378 e. The van der Waals surface area contributed by atoms with E-state index in [0.717, 1.165) is 15.7 Å². The fourth-order valence-electron chi connectivity index (χ4n) is 2.76. The van der Waals surface area contributed by atoms with Crippen molar-refractivity contribution < 1.29 is 9.72 Å². The summed E-state index contributed by atoms with van der Waals surface area (Å²) >= 11 is 3.37. The number of Topliss-reactive ketones (excluding diaryl/α,β-unsaturated/α-hetero) is 1. The molecule has 0 aliphatic heterocycles. The van der Waals surface area contributed by atoms with E-state index >= 15 is 0 Å². The normalized spacial score (nSPS) is 11.6. The third-order valence-electron chi connectivity index (χ3n) is 4.18. The summed E-state index contributed by atoms with van der Waals surface area (Å²) in [5, 5.41) is 14.1. The van der Waals surface area contributed by atoms with Gasteiger partial charge in [-0.15, -0.1) is 0 Å². The molecular formula is C21H17BrN2O3. The van der Waals surface area contributed by atoms with Crippen LogP contribution in [0.15, 0.2) is 83.3 Å². The molecule has 6 heteroatoms. The summed E-state index contributed by atoms with van der Waals surface area (Å²) in [6.45, 7) is 0. The highest BCUT2D eigenvalue weighted by atomic mass is 79.9. The number of carbonyl (C=O) groups is 1. The first-order chi connectivity index (χ1) is 13.0. The zero-order valence-corrected chi connectivity index (χ0v) is 15.9. The smallest absolute Gasteiger partial charge is 0.269 e. The number of nitro groups is 1. The number of nitrogens with zero attached hydrogens (tertiary/aromatic N) is 1. The minimum absolute atomic E-state index is 0.0192. The maximum atomic E-state index is 12.7. The molecule has 0 radical (unpaired) electrons. The number of nitrogens with one attached hydrogen (secondary N) is 1. The Morgan fingerprint density at radius 1 is 0.963 bits per heavy atom. The monoisotopic (exact) mass is 424 g/mol. The minimum atomic E-state index is -0.435. The van der Waals surface area contributed by atoms with Crippen molar-refractivity contribution in [2.45, 2.75) is 12.5 Å². The Balaban J connectivity index is 1.82. The standard InChI is InChI=1S/C21H17BrN2O3/c22-17-8-6-16(7-9-17)21(25)14-20(15-4-2-1-3-5-15)23-18-10-12-19(13-11-18)24(26)27/h1-13,20,23H,14H2. The number of halogens is 1. The summed E-state index contributed by atoms with van der Waals surface area (Å²) in [6, 6.07) is 22.9. The lowest BCUT2D eigenvalue weighted by molar-refractivity contribution is -0.384. The molecule has 0 saturated carbocycles. The van der Waals surface area contributed by atoms with E-state index in [9.17, 15) is 14.9 Å². The van der Waals surface area contributed by atoms with Gasteiger partial charge in [0.15, 0.2) is 5.78 Å². The van der Waals surface area contributed by atoms with Gasteiger partial charge in [0.05, 0.1) is 11.0 Å². The van der Waals surface area contributed by atoms with Gasteiger partial charge in [0, 0.05) is 34.3 Å². The Labute approximate surface area is 165 Å². The highest BCUT2D eigenvalue weighted by molar-refractivity contribution is 9.10. The van der Waals surface area contributed by atoms with E-state index in [1.807, 2.05) is 42.5 Å². The van der Waals surface area contributed by atoms with Gasteiger partial charge in [0.2, 0.25) is 0 Å². The number of hydrogen-bond acceptors (Lipinski definition) is 4. The van der Waals surface area contributed by atoms with Gasteiger partial charge in [-0.1, -0.05) is 58.4 Å². The second-order valence-corrected chi connectivity index (χ2v) is 6.96. The van der Waals surface area contributed by atoms with Crippen LogP contribution in [-0.4, -0.2) is 10.7 Å². The molecule has 0 aliphatic rings. The zero-order chi connectivity index (χ0) is 19.2. The Kier molecular flexibility index (Phi) is 5.98. The molecule has 0 fully saturated rings. The van der Waals surface area contributed by atoms with Crippen molar-refractivity contribution in [3.05, 3.63) is 105 Å². The molecule has 27 heavy (non-hydrogen) atoms. The van der Waals surface area contributed by atoms with Crippen LogP contribution >= 0.6 is 15.9 Å². The molecule has 5 nitrogen and oxygen atoms in total. The molecule has 0 saturated heterocycles. The van der Waals surface area contributed by atoms with Crippen molar-refractivity contribution in [3.63, 3.8) is 0 Å². The maximum absolute atomic E-state index is 12.7. The van der Waals surface area contributed by atoms with E-state index in [-0.39, 0.29) is 23.9 Å². The zero-order valence-electron chi connectivity index (χ0n) is 14.3. The molecule has 1 unspecified atom stereocenters. The van der Waals surface area contributed by atoms with E-state index in [0.29, 0.717) is 5.56 Å². The first-order valence-electron chi connectivity index (χ1n) is 8.37. The molecule has 1 N–H and O–H groups in total. The van der Waals surface area contributed by atoms with Crippen LogP contribution in [0.2, 0.25) is 0 Å². The fraction of sp³-hybridized carbons (Fsp3) is 0.0952. The second-order valence-electron chi connectivity index (χ2n) is 6.05. The second kappa shape index (κ2) is 8.60. The number of hydrogen-bond donors (Lipinski definition) is 1. The van der Waals surface area contributed by atoms with E-state index in [1.54, 1.807) is 24.3 Å². The number of rotatable bonds is 7. The molecule has 136 valence electrons. The van der Waals surface area contributed by atoms with Crippen LogP contribution in [0.25, 0.3) is 0 Å².